The van der Waals surface area contributed by atoms with Crippen molar-refractivity contribution in [1.82, 2.24) is 20.1 Å². The van der Waals surface area contributed by atoms with Gasteiger partial charge in [-0.05, 0) is 24.3 Å². The molecular formula is C18H24N4O3. The minimum Gasteiger partial charge on any atom is -0.481 e. The van der Waals surface area contributed by atoms with Gasteiger partial charge in [-0.1, -0.05) is 13.8 Å². The van der Waals surface area contributed by atoms with Crippen molar-refractivity contribution in [2.24, 2.45) is 11.8 Å². The summed E-state index contributed by atoms with van der Waals surface area (Å²) in [6, 6.07) is 3.45. The number of amides is 1. The van der Waals surface area contributed by atoms with E-state index in [0.29, 0.717) is 41.6 Å². The van der Waals surface area contributed by atoms with E-state index < -0.39 is 0 Å². The van der Waals surface area contributed by atoms with Crippen LogP contribution < -0.4 is 4.74 Å². The van der Waals surface area contributed by atoms with Gasteiger partial charge in [0.2, 0.25) is 17.7 Å². The lowest BCUT2D eigenvalue weighted by Gasteiger charge is -2.16. The monoisotopic (exact) mass is 344 g/mol. The highest BCUT2D eigenvalue weighted by Crippen LogP contribution is 2.22. The fraction of sp³-hybridized carbons (Fsp3) is 0.556. The van der Waals surface area contributed by atoms with Crippen LogP contribution in [0.5, 0.6) is 5.88 Å². The lowest BCUT2D eigenvalue weighted by molar-refractivity contribution is 0.0786. The summed E-state index contributed by atoms with van der Waals surface area (Å²) < 4.78 is 10.7. The van der Waals surface area contributed by atoms with Gasteiger partial charge in [-0.15, -0.1) is 10.2 Å². The largest absolute Gasteiger partial charge is 0.481 e. The van der Waals surface area contributed by atoms with Crippen LogP contribution in [0.1, 0.15) is 42.4 Å². The Morgan fingerprint density at radius 3 is 2.84 bits per heavy atom. The Balaban J connectivity index is 1.55. The van der Waals surface area contributed by atoms with E-state index in [-0.39, 0.29) is 5.91 Å². The minimum absolute atomic E-state index is 0.00341. The van der Waals surface area contributed by atoms with Crippen molar-refractivity contribution in [2.75, 3.05) is 20.2 Å². The average Bonchev–Trinajstić information content (AvgIpc) is 3.24. The normalized spacial score (nSPS) is 17.3. The van der Waals surface area contributed by atoms with Gasteiger partial charge in [0.05, 0.1) is 12.7 Å². The highest BCUT2D eigenvalue weighted by Gasteiger charge is 2.28. The molecule has 0 saturated carbocycles. The Morgan fingerprint density at radius 2 is 2.16 bits per heavy atom. The van der Waals surface area contributed by atoms with Crippen LogP contribution in [0.3, 0.4) is 0 Å². The molecule has 0 aliphatic carbocycles. The number of pyridine rings is 1. The van der Waals surface area contributed by atoms with Gasteiger partial charge in [0.15, 0.2) is 0 Å². The first kappa shape index (κ1) is 17.4. The number of nitrogens with zero attached hydrogens (tertiary/aromatic N) is 4. The van der Waals surface area contributed by atoms with Gasteiger partial charge in [-0.2, -0.15) is 0 Å². The van der Waals surface area contributed by atoms with E-state index in [1.165, 1.54) is 0 Å². The number of hydrogen-bond acceptors (Lipinski definition) is 6. The van der Waals surface area contributed by atoms with Crippen LogP contribution in [0, 0.1) is 11.8 Å². The summed E-state index contributed by atoms with van der Waals surface area (Å²) in [5.74, 6) is 2.71. The van der Waals surface area contributed by atoms with Crippen LogP contribution in [0.2, 0.25) is 0 Å². The van der Waals surface area contributed by atoms with Crippen LogP contribution >= 0.6 is 0 Å². The quantitative estimate of drug-likeness (QED) is 0.800. The summed E-state index contributed by atoms with van der Waals surface area (Å²) in [5.41, 5.74) is 0.582. The van der Waals surface area contributed by atoms with Gasteiger partial charge in [-0.3, -0.25) is 4.79 Å². The topological polar surface area (TPSA) is 81.4 Å². The summed E-state index contributed by atoms with van der Waals surface area (Å²) in [7, 11) is 1.55. The molecule has 1 aliphatic heterocycles. The van der Waals surface area contributed by atoms with E-state index in [0.717, 1.165) is 25.8 Å². The fourth-order valence-corrected chi connectivity index (χ4v) is 3.04. The summed E-state index contributed by atoms with van der Waals surface area (Å²) in [6.07, 6.45) is 4.02. The number of rotatable bonds is 6. The van der Waals surface area contributed by atoms with Crippen LogP contribution in [0.15, 0.2) is 22.7 Å². The number of ether oxygens (including phenoxy) is 1. The Bertz CT molecular complexity index is 711. The van der Waals surface area contributed by atoms with E-state index in [9.17, 15) is 4.79 Å². The Labute approximate surface area is 147 Å². The highest BCUT2D eigenvalue weighted by molar-refractivity contribution is 5.94. The van der Waals surface area contributed by atoms with Crippen LogP contribution in [0.25, 0.3) is 0 Å². The molecule has 2 aromatic rings. The molecular weight excluding hydrogens is 320 g/mol. The third-order valence-electron chi connectivity index (χ3n) is 4.32. The fourth-order valence-electron chi connectivity index (χ4n) is 3.04. The van der Waals surface area contributed by atoms with Crippen molar-refractivity contribution in [1.29, 1.82) is 0 Å². The molecule has 7 nitrogen and oxygen atoms in total. The SMILES string of the molecule is COc1ccc(C(=O)N2CCC(Cc3nnc(CC(C)C)o3)C2)cn1. The summed E-state index contributed by atoms with van der Waals surface area (Å²) in [6.45, 7) is 5.69. The zero-order valence-electron chi connectivity index (χ0n) is 14.9. The smallest absolute Gasteiger partial charge is 0.255 e. The zero-order valence-corrected chi connectivity index (χ0v) is 14.9. The number of carbonyl (C=O) groups is 1. The number of carbonyl (C=O) groups excluding carboxylic acids is 1. The van der Waals surface area contributed by atoms with E-state index in [1.807, 2.05) is 4.90 Å². The van der Waals surface area contributed by atoms with E-state index in [2.05, 4.69) is 29.0 Å². The van der Waals surface area contributed by atoms with E-state index in [4.69, 9.17) is 9.15 Å². The predicted molar refractivity (Wildman–Crippen MR) is 91.3 cm³/mol. The van der Waals surface area contributed by atoms with Gasteiger partial charge < -0.3 is 14.1 Å². The Kier molecular flexibility index (Phi) is 5.31. The molecule has 2 aromatic heterocycles. The third-order valence-corrected chi connectivity index (χ3v) is 4.32. The second-order valence-corrected chi connectivity index (χ2v) is 6.89. The molecule has 0 bridgehead atoms. The van der Waals surface area contributed by atoms with Crippen molar-refractivity contribution in [3.05, 3.63) is 35.7 Å². The lowest BCUT2D eigenvalue weighted by atomic mass is 10.1. The van der Waals surface area contributed by atoms with Gasteiger partial charge in [0.1, 0.15) is 0 Å². The Morgan fingerprint density at radius 1 is 1.36 bits per heavy atom. The maximum atomic E-state index is 12.6. The van der Waals surface area contributed by atoms with Crippen molar-refractivity contribution in [3.63, 3.8) is 0 Å². The molecule has 3 rings (SSSR count). The third kappa shape index (κ3) is 4.35. The predicted octanol–water partition coefficient (Wildman–Crippen LogP) is 2.38. The van der Waals surface area contributed by atoms with Gasteiger partial charge in [-0.25, -0.2) is 4.98 Å². The van der Waals surface area contributed by atoms with Gasteiger partial charge in [0, 0.05) is 38.2 Å². The molecule has 134 valence electrons. The standard InChI is InChI=1S/C18H24N4O3/c1-12(2)8-16-20-21-17(25-16)9-13-6-7-22(11-13)18(23)14-4-5-15(24-3)19-10-14/h4-5,10,12-13H,6-9,11H2,1-3H3. The number of hydrogen-bond donors (Lipinski definition) is 0. The molecule has 0 spiro atoms. The maximum Gasteiger partial charge on any atom is 0.255 e. The lowest BCUT2D eigenvalue weighted by Crippen LogP contribution is -2.29. The summed E-state index contributed by atoms with van der Waals surface area (Å²) in [5, 5.41) is 8.23. The zero-order chi connectivity index (χ0) is 17.8. The van der Waals surface area contributed by atoms with Crippen LogP contribution in [-0.4, -0.2) is 46.2 Å². The number of aromatic nitrogens is 3. The second kappa shape index (κ2) is 7.63. The highest BCUT2D eigenvalue weighted by atomic mass is 16.5. The molecule has 0 radical (unpaired) electrons. The maximum absolute atomic E-state index is 12.6. The van der Waals surface area contributed by atoms with Crippen LogP contribution in [-0.2, 0) is 12.8 Å². The van der Waals surface area contributed by atoms with Crippen molar-refractivity contribution in [2.45, 2.75) is 33.1 Å². The second-order valence-electron chi connectivity index (χ2n) is 6.89. The van der Waals surface area contributed by atoms with E-state index >= 15 is 0 Å². The molecule has 1 saturated heterocycles. The molecule has 1 unspecified atom stereocenters. The molecule has 1 aliphatic rings. The molecule has 0 aromatic carbocycles. The number of methoxy groups -OCH3 is 1. The van der Waals surface area contributed by atoms with Crippen molar-refractivity contribution < 1.29 is 13.9 Å². The average molecular weight is 344 g/mol. The number of likely N-dealkylation sites (tertiary alicyclic amines) is 1. The first-order chi connectivity index (χ1) is 12.0. The van der Waals surface area contributed by atoms with Gasteiger partial charge in [0.25, 0.3) is 5.91 Å². The first-order valence-corrected chi connectivity index (χ1v) is 8.65. The molecule has 7 heteroatoms. The molecule has 0 N–H and O–H groups in total. The molecule has 3 heterocycles. The summed E-state index contributed by atoms with van der Waals surface area (Å²) >= 11 is 0. The molecule has 1 fully saturated rings. The van der Waals surface area contributed by atoms with E-state index in [1.54, 1.807) is 25.4 Å². The Hall–Kier alpha value is -2.44. The van der Waals surface area contributed by atoms with Crippen molar-refractivity contribution >= 4 is 5.91 Å². The van der Waals surface area contributed by atoms with Gasteiger partial charge >= 0.3 is 0 Å². The van der Waals surface area contributed by atoms with Crippen LogP contribution in [0.4, 0.5) is 0 Å². The molecule has 25 heavy (non-hydrogen) atoms. The van der Waals surface area contributed by atoms with Crippen molar-refractivity contribution in [3.8, 4) is 5.88 Å². The molecule has 1 atom stereocenters. The first-order valence-electron chi connectivity index (χ1n) is 8.65. The molecule has 1 amide bonds. The summed E-state index contributed by atoms with van der Waals surface area (Å²) in [4.78, 5) is 18.5. The minimum atomic E-state index is 0.00341.